The highest BCUT2D eigenvalue weighted by molar-refractivity contribution is 6.31. The van der Waals surface area contributed by atoms with Gasteiger partial charge in [-0.25, -0.2) is 0 Å². The van der Waals surface area contributed by atoms with Crippen LogP contribution in [0.2, 0.25) is 5.02 Å². The van der Waals surface area contributed by atoms with Crippen LogP contribution in [0.1, 0.15) is 11.1 Å². The maximum atomic E-state index is 12.7. The van der Waals surface area contributed by atoms with Crippen LogP contribution in [0.25, 0.3) is 10.9 Å². The number of benzene rings is 2. The second-order valence-corrected chi connectivity index (χ2v) is 6.04. The van der Waals surface area contributed by atoms with Gasteiger partial charge >= 0.3 is 0 Å². The Hall–Kier alpha value is -2.26. The van der Waals surface area contributed by atoms with Crippen molar-refractivity contribution in [2.24, 2.45) is 0 Å². The molecule has 1 amide bonds. The molecule has 0 fully saturated rings. The second-order valence-electron chi connectivity index (χ2n) is 5.60. The number of amides is 1. The molecule has 0 radical (unpaired) electrons. The summed E-state index contributed by atoms with van der Waals surface area (Å²) in [6, 6.07) is 13.8. The third-order valence-corrected chi connectivity index (χ3v) is 4.49. The summed E-state index contributed by atoms with van der Waals surface area (Å²) >= 11 is 6.07. The zero-order valence-electron chi connectivity index (χ0n) is 12.0. The number of fused-ring (bicyclic) bond motifs is 2. The Kier molecular flexibility index (Phi) is 3.16. The van der Waals surface area contributed by atoms with E-state index in [0.717, 1.165) is 35.1 Å². The SMILES string of the molecule is O=C(Cc1c[nH]c2ccc(Cl)cc12)N1CCc2ccccc21. The average Bonchev–Trinajstić information content (AvgIpc) is 3.11. The highest BCUT2D eigenvalue weighted by Crippen LogP contribution is 2.29. The van der Waals surface area contributed by atoms with Gasteiger partial charge in [0.1, 0.15) is 0 Å². The summed E-state index contributed by atoms with van der Waals surface area (Å²) in [5.41, 5.74) is 4.30. The van der Waals surface area contributed by atoms with Gasteiger partial charge in [-0.15, -0.1) is 0 Å². The summed E-state index contributed by atoms with van der Waals surface area (Å²) in [6.45, 7) is 0.765. The zero-order valence-corrected chi connectivity index (χ0v) is 12.7. The van der Waals surface area contributed by atoms with E-state index in [1.54, 1.807) is 0 Å². The number of anilines is 1. The van der Waals surface area contributed by atoms with E-state index in [2.05, 4.69) is 11.1 Å². The van der Waals surface area contributed by atoms with E-state index < -0.39 is 0 Å². The fourth-order valence-corrected chi connectivity index (χ4v) is 3.32. The molecule has 4 heteroatoms. The topological polar surface area (TPSA) is 36.1 Å². The molecule has 3 nitrogen and oxygen atoms in total. The first kappa shape index (κ1) is 13.4. The number of nitrogens with zero attached hydrogens (tertiary/aromatic N) is 1. The lowest BCUT2D eigenvalue weighted by Gasteiger charge is -2.17. The second kappa shape index (κ2) is 5.18. The molecule has 1 aliphatic rings. The first-order chi connectivity index (χ1) is 10.7. The van der Waals surface area contributed by atoms with Crippen molar-refractivity contribution in [3.05, 3.63) is 64.8 Å². The largest absolute Gasteiger partial charge is 0.361 e. The third kappa shape index (κ3) is 2.18. The van der Waals surface area contributed by atoms with Crippen LogP contribution in [0, 0.1) is 0 Å². The van der Waals surface area contributed by atoms with Gasteiger partial charge in [0.25, 0.3) is 0 Å². The smallest absolute Gasteiger partial charge is 0.231 e. The normalized spacial score (nSPS) is 13.6. The lowest BCUT2D eigenvalue weighted by atomic mass is 10.1. The van der Waals surface area contributed by atoms with Crippen molar-refractivity contribution in [1.29, 1.82) is 0 Å². The number of rotatable bonds is 2. The quantitative estimate of drug-likeness (QED) is 0.764. The zero-order chi connectivity index (χ0) is 15.1. The number of nitrogens with one attached hydrogen (secondary N) is 1. The molecule has 1 aromatic heterocycles. The lowest BCUT2D eigenvalue weighted by molar-refractivity contribution is -0.117. The van der Waals surface area contributed by atoms with Crippen molar-refractivity contribution in [1.82, 2.24) is 4.98 Å². The van der Waals surface area contributed by atoms with E-state index in [1.165, 1.54) is 5.56 Å². The van der Waals surface area contributed by atoms with Gasteiger partial charge in [0.2, 0.25) is 5.91 Å². The van der Waals surface area contributed by atoms with Gasteiger partial charge in [-0.2, -0.15) is 0 Å². The van der Waals surface area contributed by atoms with Crippen molar-refractivity contribution in [3.8, 4) is 0 Å². The molecule has 3 aromatic rings. The van der Waals surface area contributed by atoms with Crippen LogP contribution in [0.5, 0.6) is 0 Å². The summed E-state index contributed by atoms with van der Waals surface area (Å²) in [4.78, 5) is 17.8. The third-order valence-electron chi connectivity index (χ3n) is 4.26. The van der Waals surface area contributed by atoms with E-state index in [9.17, 15) is 4.79 Å². The molecule has 0 unspecified atom stereocenters. The average molecular weight is 311 g/mol. The molecule has 0 atom stereocenters. The molecule has 2 heterocycles. The molecule has 0 saturated heterocycles. The van der Waals surface area contributed by atoms with Crippen LogP contribution in [-0.2, 0) is 17.6 Å². The molecule has 1 aliphatic heterocycles. The summed E-state index contributed by atoms with van der Waals surface area (Å²) in [5, 5.41) is 1.71. The highest BCUT2D eigenvalue weighted by Gasteiger charge is 2.24. The van der Waals surface area contributed by atoms with Gasteiger partial charge < -0.3 is 9.88 Å². The molecule has 0 bridgehead atoms. The number of halogens is 1. The molecule has 0 saturated carbocycles. The molecule has 1 N–H and O–H groups in total. The Morgan fingerprint density at radius 1 is 1.23 bits per heavy atom. The molecule has 2 aromatic carbocycles. The first-order valence-electron chi connectivity index (χ1n) is 7.36. The molecule has 22 heavy (non-hydrogen) atoms. The Balaban J connectivity index is 1.63. The fraction of sp³-hybridized carbons (Fsp3) is 0.167. The maximum absolute atomic E-state index is 12.7. The lowest BCUT2D eigenvalue weighted by Crippen LogP contribution is -2.30. The fourth-order valence-electron chi connectivity index (χ4n) is 3.15. The minimum atomic E-state index is 0.130. The molecule has 0 spiro atoms. The van der Waals surface area contributed by atoms with Crippen molar-refractivity contribution in [3.63, 3.8) is 0 Å². The Labute approximate surface area is 133 Å². The summed E-state index contributed by atoms with van der Waals surface area (Å²) in [6.07, 6.45) is 3.22. The number of H-pyrrole nitrogens is 1. The van der Waals surface area contributed by atoms with Crippen molar-refractivity contribution in [2.75, 3.05) is 11.4 Å². The number of hydrogen-bond donors (Lipinski definition) is 1. The van der Waals surface area contributed by atoms with Crippen LogP contribution in [0.4, 0.5) is 5.69 Å². The van der Waals surface area contributed by atoms with Crippen molar-refractivity contribution >= 4 is 34.1 Å². The molecule has 0 aliphatic carbocycles. The van der Waals surface area contributed by atoms with Gasteiger partial charge in [-0.05, 0) is 41.8 Å². The van der Waals surface area contributed by atoms with Gasteiger partial charge in [0.05, 0.1) is 6.42 Å². The number of hydrogen-bond acceptors (Lipinski definition) is 1. The summed E-state index contributed by atoms with van der Waals surface area (Å²) in [7, 11) is 0. The number of carbonyl (C=O) groups excluding carboxylic acids is 1. The predicted molar refractivity (Wildman–Crippen MR) is 89.5 cm³/mol. The van der Waals surface area contributed by atoms with Gasteiger partial charge in [-0.1, -0.05) is 29.8 Å². The summed E-state index contributed by atoms with van der Waals surface area (Å²) < 4.78 is 0. The van der Waals surface area contributed by atoms with E-state index in [0.29, 0.717) is 11.4 Å². The van der Waals surface area contributed by atoms with Crippen molar-refractivity contribution < 1.29 is 4.79 Å². The number of aromatic amines is 1. The number of aromatic nitrogens is 1. The molecule has 4 rings (SSSR count). The van der Waals surface area contributed by atoms with Gasteiger partial charge in [-0.3, -0.25) is 4.79 Å². The van der Waals surface area contributed by atoms with Crippen LogP contribution in [0.3, 0.4) is 0 Å². The standard InChI is InChI=1S/C18H15ClN2O/c19-14-5-6-16-15(10-14)13(11-20-16)9-18(22)21-8-7-12-3-1-2-4-17(12)21/h1-6,10-11,20H,7-9H2. The van der Waals surface area contributed by atoms with Gasteiger partial charge in [0, 0.05) is 34.4 Å². The minimum Gasteiger partial charge on any atom is -0.361 e. The van der Waals surface area contributed by atoms with Gasteiger partial charge in [0.15, 0.2) is 0 Å². The maximum Gasteiger partial charge on any atom is 0.231 e. The van der Waals surface area contributed by atoms with Crippen LogP contribution >= 0.6 is 11.6 Å². The van der Waals surface area contributed by atoms with Crippen molar-refractivity contribution in [2.45, 2.75) is 12.8 Å². The predicted octanol–water partition coefficient (Wildman–Crippen LogP) is 3.95. The van der Waals surface area contributed by atoms with E-state index in [-0.39, 0.29) is 5.91 Å². The molecular formula is C18H15ClN2O. The number of carbonyl (C=O) groups is 1. The Morgan fingerprint density at radius 2 is 2.09 bits per heavy atom. The van der Waals surface area contributed by atoms with E-state index >= 15 is 0 Å². The summed E-state index contributed by atoms with van der Waals surface area (Å²) in [5.74, 6) is 0.130. The van der Waals surface area contributed by atoms with E-state index in [4.69, 9.17) is 11.6 Å². The monoisotopic (exact) mass is 310 g/mol. The number of para-hydroxylation sites is 1. The van der Waals surface area contributed by atoms with Crippen LogP contribution in [-0.4, -0.2) is 17.4 Å². The van der Waals surface area contributed by atoms with E-state index in [1.807, 2.05) is 47.5 Å². The molecule has 110 valence electrons. The Morgan fingerprint density at radius 3 is 3.00 bits per heavy atom. The van der Waals surface area contributed by atoms with Crippen LogP contribution in [0.15, 0.2) is 48.7 Å². The van der Waals surface area contributed by atoms with Crippen LogP contribution < -0.4 is 4.90 Å². The minimum absolute atomic E-state index is 0.130. The first-order valence-corrected chi connectivity index (χ1v) is 7.74. The Bertz CT molecular complexity index is 868. The highest BCUT2D eigenvalue weighted by atomic mass is 35.5. The molecular weight excluding hydrogens is 296 g/mol.